The van der Waals surface area contributed by atoms with Crippen molar-refractivity contribution in [3.05, 3.63) is 60.2 Å². The van der Waals surface area contributed by atoms with E-state index >= 15 is 0 Å². The van der Waals surface area contributed by atoms with Gasteiger partial charge in [0.05, 0.1) is 17.6 Å². The van der Waals surface area contributed by atoms with Gasteiger partial charge in [0.25, 0.3) is 0 Å². The molecule has 0 bridgehead atoms. The molecule has 0 atom stereocenters. The normalized spacial score (nSPS) is 12.6. The van der Waals surface area contributed by atoms with Crippen molar-refractivity contribution in [2.75, 3.05) is 10.6 Å². The molecule has 30 heavy (non-hydrogen) atoms. The molecule has 1 aromatic carbocycles. The minimum absolute atomic E-state index is 0.420. The minimum Gasteiger partial charge on any atom is -0.380 e. The highest BCUT2D eigenvalue weighted by atomic mass is 32.2. The number of aryl methyl sites for hydroxylation is 1. The molecular formula is C24H29N5S. The minimum atomic E-state index is 0.420. The van der Waals surface area contributed by atoms with Crippen LogP contribution in [0.15, 0.2) is 58.8 Å². The third-order valence-electron chi connectivity index (χ3n) is 5.10. The molecule has 0 unspecified atom stereocenters. The van der Waals surface area contributed by atoms with E-state index in [-0.39, 0.29) is 0 Å². The van der Waals surface area contributed by atoms with Gasteiger partial charge in [-0.2, -0.15) is 0 Å². The summed E-state index contributed by atoms with van der Waals surface area (Å²) in [4.78, 5) is 14.5. The van der Waals surface area contributed by atoms with Crippen LogP contribution in [0, 0.1) is 5.41 Å². The molecule has 1 aliphatic rings. The second kappa shape index (κ2) is 9.04. The van der Waals surface area contributed by atoms with Gasteiger partial charge in [-0.1, -0.05) is 45.0 Å². The van der Waals surface area contributed by atoms with Crippen LogP contribution in [0.25, 0.3) is 0 Å². The van der Waals surface area contributed by atoms with Crippen LogP contribution in [0.1, 0.15) is 51.3 Å². The fourth-order valence-electron chi connectivity index (χ4n) is 3.43. The first-order chi connectivity index (χ1) is 14.5. The lowest BCUT2D eigenvalue weighted by Crippen LogP contribution is -2.06. The van der Waals surface area contributed by atoms with Gasteiger partial charge in [0, 0.05) is 29.5 Å². The van der Waals surface area contributed by atoms with Gasteiger partial charge in [-0.25, -0.2) is 9.97 Å². The number of unbranched alkanes of at least 4 members (excludes halogenated alkanes) is 1. The lowest BCUT2D eigenvalue weighted by Gasteiger charge is -2.19. The van der Waals surface area contributed by atoms with E-state index in [0.29, 0.717) is 5.41 Å². The summed E-state index contributed by atoms with van der Waals surface area (Å²) in [7, 11) is 0. The predicted molar refractivity (Wildman–Crippen MR) is 124 cm³/mol. The molecule has 0 amide bonds. The maximum absolute atomic E-state index is 4.63. The van der Waals surface area contributed by atoms with Crippen LogP contribution in [-0.4, -0.2) is 15.0 Å². The molecule has 5 nitrogen and oxygen atoms in total. The van der Waals surface area contributed by atoms with E-state index in [0.717, 1.165) is 35.2 Å². The zero-order chi connectivity index (χ0) is 21.0. The quantitative estimate of drug-likeness (QED) is 0.336. The number of hydrogen-bond acceptors (Lipinski definition) is 6. The summed E-state index contributed by atoms with van der Waals surface area (Å²) in [5.74, 6) is 0.822. The highest BCUT2D eigenvalue weighted by Crippen LogP contribution is 2.42. The number of nitrogens with zero attached hydrogens (tertiary/aromatic N) is 3. The molecule has 6 heteroatoms. The predicted octanol–water partition coefficient (Wildman–Crippen LogP) is 6.45. The van der Waals surface area contributed by atoms with Crippen LogP contribution in [0.4, 0.5) is 17.2 Å². The van der Waals surface area contributed by atoms with Crippen molar-refractivity contribution in [3.63, 3.8) is 0 Å². The zero-order valence-electron chi connectivity index (χ0n) is 17.9. The van der Waals surface area contributed by atoms with Crippen molar-refractivity contribution >= 4 is 29.0 Å². The van der Waals surface area contributed by atoms with Gasteiger partial charge in [0.1, 0.15) is 5.03 Å². The first kappa shape index (κ1) is 20.7. The van der Waals surface area contributed by atoms with Crippen LogP contribution in [0.2, 0.25) is 0 Å². The smallest absolute Gasteiger partial charge is 0.163 e. The Morgan fingerprint density at radius 3 is 2.67 bits per heavy atom. The Morgan fingerprint density at radius 2 is 1.87 bits per heavy atom. The molecular weight excluding hydrogens is 390 g/mol. The molecule has 156 valence electrons. The number of anilines is 3. The highest BCUT2D eigenvalue weighted by Gasteiger charge is 2.17. The van der Waals surface area contributed by atoms with Crippen LogP contribution in [0.3, 0.4) is 0 Å². The molecule has 4 rings (SSSR count). The van der Waals surface area contributed by atoms with Crippen LogP contribution < -0.4 is 10.6 Å². The maximum Gasteiger partial charge on any atom is 0.163 e. The molecule has 2 aromatic heterocycles. The Hall–Kier alpha value is -2.60. The van der Waals surface area contributed by atoms with Crippen LogP contribution in [-0.2, 0) is 13.0 Å². The summed E-state index contributed by atoms with van der Waals surface area (Å²) in [5, 5.41) is 7.78. The fourth-order valence-corrected chi connectivity index (χ4v) is 4.31. The first-order valence-electron chi connectivity index (χ1n) is 10.5. The number of rotatable bonds is 7. The first-order valence-corrected chi connectivity index (χ1v) is 11.4. The fraction of sp³-hybridized carbons (Fsp3) is 0.375. The van der Waals surface area contributed by atoms with E-state index < -0.39 is 0 Å². The van der Waals surface area contributed by atoms with Gasteiger partial charge in [-0.15, -0.1) is 0 Å². The summed E-state index contributed by atoms with van der Waals surface area (Å²) in [6.45, 7) is 7.65. The van der Waals surface area contributed by atoms with Gasteiger partial charge in [-0.05, 0) is 54.5 Å². The lowest BCUT2D eigenvalue weighted by molar-refractivity contribution is 0.360. The standard InChI is InChI=1S/C24H29N5S/c1-24(2,3)11-5-4-6-18-8-9-19(16-28-18)27-15-17-7-10-21-20(14-17)29-22-23(30-21)26-13-12-25-22/h7-10,12-14,16,27H,4-6,11,15H2,1-3H3,(H,25,29). The molecule has 0 spiro atoms. The summed E-state index contributed by atoms with van der Waals surface area (Å²) in [6.07, 6.45) is 10.1. The molecule has 0 saturated carbocycles. The molecule has 3 heterocycles. The van der Waals surface area contributed by atoms with E-state index in [2.05, 4.69) is 76.7 Å². The SMILES string of the molecule is CC(C)(C)CCCCc1ccc(NCc2ccc3c(c2)Nc2nccnc2S3)cn1. The lowest BCUT2D eigenvalue weighted by atomic mass is 9.89. The van der Waals surface area contributed by atoms with E-state index in [1.54, 1.807) is 24.2 Å². The number of benzene rings is 1. The Balaban J connectivity index is 1.29. The summed E-state index contributed by atoms with van der Waals surface area (Å²) >= 11 is 1.65. The molecule has 2 N–H and O–H groups in total. The van der Waals surface area contributed by atoms with Crippen molar-refractivity contribution in [1.29, 1.82) is 0 Å². The third kappa shape index (κ3) is 5.51. The molecule has 1 aliphatic heterocycles. The average Bonchev–Trinajstić information content (AvgIpc) is 2.74. The van der Waals surface area contributed by atoms with Gasteiger partial charge in [-0.3, -0.25) is 4.98 Å². The second-order valence-corrected chi connectivity index (χ2v) is 9.96. The van der Waals surface area contributed by atoms with E-state index in [1.807, 2.05) is 6.20 Å². The van der Waals surface area contributed by atoms with Gasteiger partial charge < -0.3 is 10.6 Å². The molecule has 3 aromatic rings. The summed E-state index contributed by atoms with van der Waals surface area (Å²) in [6, 6.07) is 10.7. The Kier molecular flexibility index (Phi) is 6.23. The molecule has 0 saturated heterocycles. The van der Waals surface area contributed by atoms with Gasteiger partial charge in [0.15, 0.2) is 5.82 Å². The number of nitrogens with one attached hydrogen (secondary N) is 2. The van der Waals surface area contributed by atoms with Crippen molar-refractivity contribution in [2.45, 2.75) is 62.9 Å². The zero-order valence-corrected chi connectivity index (χ0v) is 18.7. The third-order valence-corrected chi connectivity index (χ3v) is 6.17. The van der Waals surface area contributed by atoms with Gasteiger partial charge in [0.2, 0.25) is 0 Å². The molecule has 0 fully saturated rings. The van der Waals surface area contributed by atoms with E-state index in [4.69, 9.17) is 0 Å². The Labute approximate surface area is 183 Å². The molecule has 0 aliphatic carbocycles. The van der Waals surface area contributed by atoms with Crippen molar-refractivity contribution in [3.8, 4) is 0 Å². The second-order valence-electron chi connectivity index (χ2n) is 8.93. The summed E-state index contributed by atoms with van der Waals surface area (Å²) in [5.41, 5.74) is 4.92. The number of hydrogen-bond donors (Lipinski definition) is 2. The highest BCUT2D eigenvalue weighted by molar-refractivity contribution is 7.99. The number of aromatic nitrogens is 3. The van der Waals surface area contributed by atoms with Crippen molar-refractivity contribution in [2.24, 2.45) is 5.41 Å². The van der Waals surface area contributed by atoms with Gasteiger partial charge >= 0.3 is 0 Å². The van der Waals surface area contributed by atoms with E-state index in [1.165, 1.54) is 35.4 Å². The van der Waals surface area contributed by atoms with Crippen molar-refractivity contribution in [1.82, 2.24) is 15.0 Å². The average molecular weight is 420 g/mol. The van der Waals surface area contributed by atoms with Crippen LogP contribution >= 0.6 is 11.8 Å². The Bertz CT molecular complexity index is 995. The largest absolute Gasteiger partial charge is 0.380 e. The molecule has 0 radical (unpaired) electrons. The maximum atomic E-state index is 4.63. The number of fused-ring (bicyclic) bond motifs is 2. The summed E-state index contributed by atoms with van der Waals surface area (Å²) < 4.78 is 0. The van der Waals surface area contributed by atoms with E-state index in [9.17, 15) is 0 Å². The van der Waals surface area contributed by atoms with Crippen molar-refractivity contribution < 1.29 is 0 Å². The number of pyridine rings is 1. The Morgan fingerprint density at radius 1 is 1.00 bits per heavy atom. The van der Waals surface area contributed by atoms with Crippen LogP contribution in [0.5, 0.6) is 0 Å². The monoisotopic (exact) mass is 419 g/mol. The topological polar surface area (TPSA) is 62.7 Å².